The van der Waals surface area contributed by atoms with E-state index in [9.17, 15) is 14.7 Å². The Morgan fingerprint density at radius 1 is 1.42 bits per heavy atom. The van der Waals surface area contributed by atoms with Gasteiger partial charge in [0.15, 0.2) is 0 Å². The van der Waals surface area contributed by atoms with E-state index in [0.717, 1.165) is 11.0 Å². The maximum atomic E-state index is 11.9. The van der Waals surface area contributed by atoms with Gasteiger partial charge in [0.25, 0.3) is 11.7 Å². The first-order valence-corrected chi connectivity index (χ1v) is 6.88. The molecule has 0 saturated heterocycles. The van der Waals surface area contributed by atoms with Gasteiger partial charge >= 0.3 is 0 Å². The number of anilines is 1. The van der Waals surface area contributed by atoms with E-state index in [0.29, 0.717) is 17.8 Å². The zero-order valence-corrected chi connectivity index (χ0v) is 12.1. The number of likely N-dealkylation sites (N-methyl/N-ethyl adjacent to an activating group) is 1. The van der Waals surface area contributed by atoms with Crippen molar-refractivity contribution >= 4 is 33.3 Å². The van der Waals surface area contributed by atoms with Gasteiger partial charge in [0.2, 0.25) is 0 Å². The number of halogens is 1. The number of ketones is 1. The van der Waals surface area contributed by atoms with Crippen LogP contribution in [0.3, 0.4) is 0 Å². The first kappa shape index (κ1) is 14.2. The van der Waals surface area contributed by atoms with Crippen molar-refractivity contribution in [3.05, 3.63) is 28.2 Å². The fourth-order valence-electron chi connectivity index (χ4n) is 2.04. The Morgan fingerprint density at radius 3 is 2.84 bits per heavy atom. The summed E-state index contributed by atoms with van der Waals surface area (Å²) in [6.07, 6.45) is -0.703. The van der Waals surface area contributed by atoms with Crippen LogP contribution in [0.5, 0.6) is 0 Å². The molecule has 1 amide bonds. The average Bonchev–Trinajstić information content (AvgIpc) is 2.61. The van der Waals surface area contributed by atoms with Gasteiger partial charge in [0.1, 0.15) is 0 Å². The number of benzene rings is 1. The molecule has 0 saturated carbocycles. The highest BCUT2D eigenvalue weighted by Crippen LogP contribution is 2.31. The summed E-state index contributed by atoms with van der Waals surface area (Å²) in [7, 11) is 0. The van der Waals surface area contributed by atoms with Crippen molar-refractivity contribution in [2.45, 2.75) is 13.0 Å². The van der Waals surface area contributed by atoms with Gasteiger partial charge in [-0.1, -0.05) is 22.9 Å². The van der Waals surface area contributed by atoms with E-state index in [1.54, 1.807) is 18.2 Å². The number of rotatable bonds is 5. The lowest BCUT2D eigenvalue weighted by molar-refractivity contribution is -0.114. The van der Waals surface area contributed by atoms with Gasteiger partial charge in [-0.25, -0.2) is 0 Å². The second kappa shape index (κ2) is 5.81. The van der Waals surface area contributed by atoms with E-state index in [4.69, 9.17) is 0 Å². The molecule has 5 nitrogen and oxygen atoms in total. The van der Waals surface area contributed by atoms with E-state index in [-0.39, 0.29) is 6.54 Å². The van der Waals surface area contributed by atoms with Crippen LogP contribution in [-0.4, -0.2) is 42.5 Å². The second-order valence-electron chi connectivity index (χ2n) is 4.37. The normalized spacial score (nSPS) is 15.8. The SMILES string of the molecule is CCNCC(O)CN1C(=O)C(=O)c2cc(Br)ccc21. The molecule has 1 unspecified atom stereocenters. The smallest absolute Gasteiger partial charge is 0.299 e. The van der Waals surface area contributed by atoms with E-state index in [1.807, 2.05) is 6.92 Å². The Hall–Kier alpha value is -1.24. The topological polar surface area (TPSA) is 69.6 Å². The Kier molecular flexibility index (Phi) is 4.34. The lowest BCUT2D eigenvalue weighted by atomic mass is 10.1. The number of fused-ring (bicyclic) bond motifs is 1. The van der Waals surface area contributed by atoms with E-state index >= 15 is 0 Å². The van der Waals surface area contributed by atoms with Crippen molar-refractivity contribution in [3.63, 3.8) is 0 Å². The highest BCUT2D eigenvalue weighted by atomic mass is 79.9. The number of hydrogen-bond donors (Lipinski definition) is 2. The first-order chi connectivity index (χ1) is 9.04. The number of amides is 1. The minimum absolute atomic E-state index is 0.117. The number of aliphatic hydroxyl groups is 1. The van der Waals surface area contributed by atoms with Crippen LogP contribution >= 0.6 is 15.9 Å². The highest BCUT2D eigenvalue weighted by molar-refractivity contribution is 9.10. The van der Waals surface area contributed by atoms with Crippen molar-refractivity contribution in [2.24, 2.45) is 0 Å². The minimum atomic E-state index is -0.703. The third-order valence-corrected chi connectivity index (χ3v) is 3.45. The molecule has 1 heterocycles. The molecule has 1 aliphatic heterocycles. The predicted octanol–water partition coefficient (Wildman–Crippen LogP) is 0.949. The van der Waals surface area contributed by atoms with Crippen molar-refractivity contribution in [1.29, 1.82) is 0 Å². The summed E-state index contributed by atoms with van der Waals surface area (Å²) in [6, 6.07) is 5.11. The molecule has 102 valence electrons. The zero-order valence-electron chi connectivity index (χ0n) is 10.5. The maximum absolute atomic E-state index is 11.9. The third kappa shape index (κ3) is 2.86. The van der Waals surface area contributed by atoms with Crippen LogP contribution in [0.15, 0.2) is 22.7 Å². The molecule has 0 spiro atoms. The molecule has 1 atom stereocenters. The van der Waals surface area contributed by atoms with Crippen LogP contribution < -0.4 is 10.2 Å². The average molecular weight is 327 g/mol. The van der Waals surface area contributed by atoms with Gasteiger partial charge in [-0.15, -0.1) is 0 Å². The summed E-state index contributed by atoms with van der Waals surface area (Å²) in [6.45, 7) is 3.18. The summed E-state index contributed by atoms with van der Waals surface area (Å²) >= 11 is 3.28. The number of Topliss-reactive ketones (excluding diaryl/α,β-unsaturated/α-hetero) is 1. The summed E-state index contributed by atoms with van der Waals surface area (Å²) in [4.78, 5) is 25.1. The van der Waals surface area contributed by atoms with Crippen molar-refractivity contribution in [3.8, 4) is 0 Å². The number of nitrogens with zero attached hydrogens (tertiary/aromatic N) is 1. The molecule has 0 fully saturated rings. The molecule has 2 N–H and O–H groups in total. The number of carbonyl (C=O) groups is 2. The Morgan fingerprint density at radius 2 is 2.16 bits per heavy atom. The van der Waals surface area contributed by atoms with Gasteiger partial charge in [0, 0.05) is 11.0 Å². The van der Waals surface area contributed by atoms with Gasteiger partial charge in [-0.05, 0) is 24.7 Å². The van der Waals surface area contributed by atoms with Crippen molar-refractivity contribution in [2.75, 3.05) is 24.5 Å². The second-order valence-corrected chi connectivity index (χ2v) is 5.28. The van der Waals surface area contributed by atoms with Crippen molar-refractivity contribution < 1.29 is 14.7 Å². The highest BCUT2D eigenvalue weighted by Gasteiger charge is 2.36. The molecular formula is C13H15BrN2O3. The molecule has 0 aromatic heterocycles. The van der Waals surface area contributed by atoms with Crippen LogP contribution in [0.25, 0.3) is 0 Å². The van der Waals surface area contributed by atoms with E-state index in [2.05, 4.69) is 21.2 Å². The molecular weight excluding hydrogens is 312 g/mol. The van der Waals surface area contributed by atoms with Crippen LogP contribution in [-0.2, 0) is 4.79 Å². The molecule has 1 aliphatic rings. The Labute approximate surface area is 119 Å². The number of carbonyl (C=O) groups excluding carboxylic acids is 2. The minimum Gasteiger partial charge on any atom is -0.390 e. The van der Waals surface area contributed by atoms with E-state index < -0.39 is 17.8 Å². The molecule has 0 aliphatic carbocycles. The lowest BCUT2D eigenvalue weighted by Gasteiger charge is -2.20. The summed E-state index contributed by atoms with van der Waals surface area (Å²) in [5.74, 6) is -1.10. The van der Waals surface area contributed by atoms with Crippen LogP contribution in [0, 0.1) is 0 Å². The van der Waals surface area contributed by atoms with Gasteiger partial charge in [-0.3, -0.25) is 9.59 Å². The first-order valence-electron chi connectivity index (χ1n) is 6.09. The fraction of sp³-hybridized carbons (Fsp3) is 0.385. The summed E-state index contributed by atoms with van der Waals surface area (Å²) < 4.78 is 0.752. The maximum Gasteiger partial charge on any atom is 0.299 e. The molecule has 1 aromatic rings. The van der Waals surface area contributed by atoms with Crippen LogP contribution in [0.4, 0.5) is 5.69 Å². The third-order valence-electron chi connectivity index (χ3n) is 2.96. The monoisotopic (exact) mass is 326 g/mol. The summed E-state index contributed by atoms with van der Waals surface area (Å²) in [5.41, 5.74) is 0.948. The van der Waals surface area contributed by atoms with E-state index in [1.165, 1.54) is 4.90 Å². The standard InChI is InChI=1S/C13H15BrN2O3/c1-2-15-6-9(17)7-16-11-4-3-8(14)5-10(11)12(18)13(16)19/h3-5,9,15,17H,2,6-7H2,1H3. The number of β-amino-alcohol motifs (C(OH)–C–C–N with tert-alkyl or cyclic N) is 1. The largest absolute Gasteiger partial charge is 0.390 e. The number of aliphatic hydroxyl groups excluding tert-OH is 1. The Bertz CT molecular complexity index is 519. The summed E-state index contributed by atoms with van der Waals surface area (Å²) in [5, 5.41) is 12.8. The van der Waals surface area contributed by atoms with Gasteiger partial charge in [0.05, 0.1) is 23.9 Å². The molecule has 2 rings (SSSR count). The quantitative estimate of drug-likeness (QED) is 0.790. The van der Waals surface area contributed by atoms with Gasteiger partial charge in [-0.2, -0.15) is 0 Å². The molecule has 6 heteroatoms. The lowest BCUT2D eigenvalue weighted by Crippen LogP contribution is -2.40. The molecule has 1 aromatic carbocycles. The fourth-order valence-corrected chi connectivity index (χ4v) is 2.40. The van der Waals surface area contributed by atoms with Crippen LogP contribution in [0.1, 0.15) is 17.3 Å². The number of hydrogen-bond acceptors (Lipinski definition) is 4. The van der Waals surface area contributed by atoms with Gasteiger partial charge < -0.3 is 15.3 Å². The molecule has 0 radical (unpaired) electrons. The zero-order chi connectivity index (χ0) is 14.0. The van der Waals surface area contributed by atoms with Crippen LogP contribution in [0.2, 0.25) is 0 Å². The molecule has 0 bridgehead atoms. The van der Waals surface area contributed by atoms with Crippen molar-refractivity contribution in [1.82, 2.24) is 5.32 Å². The Balaban J connectivity index is 2.19. The molecule has 19 heavy (non-hydrogen) atoms. The predicted molar refractivity (Wildman–Crippen MR) is 75.4 cm³/mol. The number of nitrogens with one attached hydrogen (secondary N) is 1.